The van der Waals surface area contributed by atoms with Crippen molar-refractivity contribution in [3.05, 3.63) is 0 Å². The summed E-state index contributed by atoms with van der Waals surface area (Å²) in [7, 11) is 1.56. The molecule has 1 unspecified atom stereocenters. The molecule has 1 fully saturated rings. The maximum atomic E-state index is 9.27. The van der Waals surface area contributed by atoms with E-state index in [0.717, 1.165) is 12.8 Å². The van der Waals surface area contributed by atoms with Gasteiger partial charge in [0.15, 0.2) is 0 Å². The van der Waals surface area contributed by atoms with E-state index < -0.39 is 6.10 Å². The van der Waals surface area contributed by atoms with Gasteiger partial charge in [-0.25, -0.2) is 0 Å². The second-order valence-corrected chi connectivity index (χ2v) is 3.43. The number of β-amino-alcohol motifs (C(OH)–C–C–N with tert-alkyl or cyclic N) is 1. The highest BCUT2D eigenvalue weighted by molar-refractivity contribution is 5.01. The van der Waals surface area contributed by atoms with Crippen molar-refractivity contribution in [2.45, 2.75) is 24.5 Å². The maximum absolute atomic E-state index is 9.27. The predicted molar refractivity (Wildman–Crippen MR) is 44.9 cm³/mol. The van der Waals surface area contributed by atoms with E-state index in [2.05, 4.69) is 5.32 Å². The quantitative estimate of drug-likeness (QED) is 0.490. The molecule has 0 bridgehead atoms. The van der Waals surface area contributed by atoms with Crippen LogP contribution in [0.3, 0.4) is 0 Å². The smallest absolute Gasteiger partial charge is 0.0897 e. The van der Waals surface area contributed by atoms with Crippen LogP contribution in [-0.2, 0) is 4.74 Å². The molecule has 3 N–H and O–H groups in total. The fourth-order valence-electron chi connectivity index (χ4n) is 1.13. The van der Waals surface area contributed by atoms with E-state index in [0.29, 0.717) is 13.2 Å². The Morgan fingerprint density at radius 2 is 2.25 bits per heavy atom. The molecular formula is C8H17NO3. The normalized spacial score (nSPS) is 22.2. The van der Waals surface area contributed by atoms with Crippen LogP contribution in [0, 0.1) is 0 Å². The standard InChI is InChI=1S/C8H17NO3/c1-12-5-7(11)4-9-8(6-10)2-3-8/h7,9-11H,2-6H2,1H3. The summed E-state index contributed by atoms with van der Waals surface area (Å²) in [4.78, 5) is 0. The fraction of sp³-hybridized carbons (Fsp3) is 1.00. The van der Waals surface area contributed by atoms with Gasteiger partial charge in [-0.3, -0.25) is 0 Å². The van der Waals surface area contributed by atoms with Crippen LogP contribution < -0.4 is 5.32 Å². The molecule has 0 heterocycles. The lowest BCUT2D eigenvalue weighted by molar-refractivity contribution is 0.0597. The molecule has 1 aliphatic rings. The van der Waals surface area contributed by atoms with Crippen LogP contribution in [0.5, 0.6) is 0 Å². The van der Waals surface area contributed by atoms with E-state index in [9.17, 15) is 5.11 Å². The second kappa shape index (κ2) is 4.18. The number of hydrogen-bond acceptors (Lipinski definition) is 4. The Morgan fingerprint density at radius 1 is 1.58 bits per heavy atom. The highest BCUT2D eigenvalue weighted by Gasteiger charge is 2.41. The minimum Gasteiger partial charge on any atom is -0.394 e. The lowest BCUT2D eigenvalue weighted by Gasteiger charge is -2.16. The van der Waals surface area contributed by atoms with Crippen LogP contribution in [0.2, 0.25) is 0 Å². The molecule has 0 aromatic rings. The summed E-state index contributed by atoms with van der Waals surface area (Å²) in [5.41, 5.74) is -0.0886. The van der Waals surface area contributed by atoms with Gasteiger partial charge in [-0.15, -0.1) is 0 Å². The van der Waals surface area contributed by atoms with Gasteiger partial charge in [0.1, 0.15) is 0 Å². The molecule has 0 aliphatic heterocycles. The SMILES string of the molecule is COCC(O)CNC1(CO)CC1. The molecule has 0 aromatic heterocycles. The number of aliphatic hydroxyl groups excluding tert-OH is 2. The molecule has 0 radical (unpaired) electrons. The summed E-state index contributed by atoms with van der Waals surface area (Å²) in [6.45, 7) is 0.996. The largest absolute Gasteiger partial charge is 0.394 e. The molecule has 0 spiro atoms. The first-order chi connectivity index (χ1) is 5.72. The van der Waals surface area contributed by atoms with Crippen LogP contribution in [0.15, 0.2) is 0 Å². The number of rotatable bonds is 6. The van der Waals surface area contributed by atoms with E-state index >= 15 is 0 Å². The number of hydrogen-bond donors (Lipinski definition) is 3. The molecule has 4 heteroatoms. The van der Waals surface area contributed by atoms with Crippen LogP contribution in [0.1, 0.15) is 12.8 Å². The summed E-state index contributed by atoms with van der Waals surface area (Å²) in [5.74, 6) is 0. The zero-order valence-electron chi connectivity index (χ0n) is 7.42. The molecule has 0 saturated heterocycles. The van der Waals surface area contributed by atoms with Gasteiger partial charge in [0.2, 0.25) is 0 Å². The summed E-state index contributed by atoms with van der Waals surface area (Å²) >= 11 is 0. The molecule has 1 atom stereocenters. The third-order valence-electron chi connectivity index (χ3n) is 2.23. The lowest BCUT2D eigenvalue weighted by atomic mass is 10.2. The van der Waals surface area contributed by atoms with E-state index in [-0.39, 0.29) is 12.1 Å². The number of ether oxygens (including phenoxy) is 1. The van der Waals surface area contributed by atoms with Crippen molar-refractivity contribution >= 4 is 0 Å². The van der Waals surface area contributed by atoms with Gasteiger partial charge in [-0.2, -0.15) is 0 Å². The third-order valence-corrected chi connectivity index (χ3v) is 2.23. The number of aliphatic hydroxyl groups is 2. The summed E-state index contributed by atoms with van der Waals surface area (Å²) < 4.78 is 4.77. The molecule has 1 rings (SSSR count). The van der Waals surface area contributed by atoms with Crippen molar-refractivity contribution in [1.29, 1.82) is 0 Å². The van der Waals surface area contributed by atoms with Crippen molar-refractivity contribution in [2.24, 2.45) is 0 Å². The third kappa shape index (κ3) is 2.71. The number of methoxy groups -OCH3 is 1. The zero-order valence-corrected chi connectivity index (χ0v) is 7.42. The predicted octanol–water partition coefficient (Wildman–Crippen LogP) is -0.892. The average molecular weight is 175 g/mol. The van der Waals surface area contributed by atoms with Crippen molar-refractivity contribution in [1.82, 2.24) is 5.32 Å². The van der Waals surface area contributed by atoms with Gasteiger partial charge < -0.3 is 20.3 Å². The fourth-order valence-corrected chi connectivity index (χ4v) is 1.13. The Hall–Kier alpha value is -0.160. The number of nitrogens with one attached hydrogen (secondary N) is 1. The first-order valence-electron chi connectivity index (χ1n) is 4.25. The van der Waals surface area contributed by atoms with Crippen molar-refractivity contribution in [2.75, 3.05) is 26.9 Å². The first kappa shape index (κ1) is 9.92. The summed E-state index contributed by atoms with van der Waals surface area (Å²) in [6, 6.07) is 0. The van der Waals surface area contributed by atoms with E-state index in [4.69, 9.17) is 9.84 Å². The molecule has 72 valence electrons. The van der Waals surface area contributed by atoms with Crippen molar-refractivity contribution < 1.29 is 14.9 Å². The minimum absolute atomic E-state index is 0.0886. The van der Waals surface area contributed by atoms with Gasteiger partial charge in [0.25, 0.3) is 0 Å². The zero-order chi connectivity index (χ0) is 9.03. The van der Waals surface area contributed by atoms with Crippen LogP contribution >= 0.6 is 0 Å². The van der Waals surface area contributed by atoms with E-state index in [1.165, 1.54) is 0 Å². The molecule has 12 heavy (non-hydrogen) atoms. The van der Waals surface area contributed by atoms with Gasteiger partial charge in [-0.05, 0) is 12.8 Å². The van der Waals surface area contributed by atoms with Gasteiger partial charge in [-0.1, -0.05) is 0 Å². The summed E-state index contributed by atoms with van der Waals surface area (Å²) in [5, 5.41) is 21.3. The lowest BCUT2D eigenvalue weighted by Crippen LogP contribution is -2.41. The second-order valence-electron chi connectivity index (χ2n) is 3.43. The Labute approximate surface area is 72.5 Å². The first-order valence-corrected chi connectivity index (χ1v) is 4.25. The molecule has 4 nitrogen and oxygen atoms in total. The molecule has 1 aliphatic carbocycles. The Kier molecular flexibility index (Phi) is 3.46. The van der Waals surface area contributed by atoms with Crippen LogP contribution in [0.25, 0.3) is 0 Å². The maximum Gasteiger partial charge on any atom is 0.0897 e. The van der Waals surface area contributed by atoms with Crippen molar-refractivity contribution in [3.63, 3.8) is 0 Å². The Balaban J connectivity index is 2.08. The molecule has 1 saturated carbocycles. The Morgan fingerprint density at radius 3 is 2.67 bits per heavy atom. The molecule has 0 aromatic carbocycles. The van der Waals surface area contributed by atoms with Gasteiger partial charge in [0.05, 0.1) is 19.3 Å². The highest BCUT2D eigenvalue weighted by Crippen LogP contribution is 2.34. The van der Waals surface area contributed by atoms with Crippen LogP contribution in [-0.4, -0.2) is 48.7 Å². The van der Waals surface area contributed by atoms with Gasteiger partial charge in [0, 0.05) is 19.2 Å². The Bertz CT molecular complexity index is 136. The topological polar surface area (TPSA) is 61.7 Å². The van der Waals surface area contributed by atoms with Gasteiger partial charge >= 0.3 is 0 Å². The molecule has 0 amide bonds. The minimum atomic E-state index is -0.473. The van der Waals surface area contributed by atoms with Crippen LogP contribution in [0.4, 0.5) is 0 Å². The van der Waals surface area contributed by atoms with E-state index in [1.807, 2.05) is 0 Å². The monoisotopic (exact) mass is 175 g/mol. The van der Waals surface area contributed by atoms with E-state index in [1.54, 1.807) is 7.11 Å². The van der Waals surface area contributed by atoms with Crippen molar-refractivity contribution in [3.8, 4) is 0 Å². The average Bonchev–Trinajstić information content (AvgIpc) is 2.82. The summed E-state index contributed by atoms with van der Waals surface area (Å²) in [6.07, 6.45) is 1.53. The highest BCUT2D eigenvalue weighted by atomic mass is 16.5. The molecular weight excluding hydrogens is 158 g/mol.